The van der Waals surface area contributed by atoms with Crippen LogP contribution >= 0.6 is 0 Å². The van der Waals surface area contributed by atoms with E-state index in [1.54, 1.807) is 15.5 Å². The number of aliphatic hydroxyl groups is 1. The molecule has 31 heavy (non-hydrogen) atoms. The van der Waals surface area contributed by atoms with Crippen LogP contribution in [-0.4, -0.2) is 36.3 Å². The molecule has 0 bridgehead atoms. The van der Waals surface area contributed by atoms with Gasteiger partial charge in [0.2, 0.25) is 0 Å². The zero-order valence-electron chi connectivity index (χ0n) is 17.0. The van der Waals surface area contributed by atoms with Gasteiger partial charge in [-0.05, 0) is 25.8 Å². The molecule has 7 nitrogen and oxygen atoms in total. The van der Waals surface area contributed by atoms with Crippen molar-refractivity contribution >= 4 is 22.1 Å². The van der Waals surface area contributed by atoms with Crippen LogP contribution in [0.2, 0.25) is 0 Å². The molecule has 0 fully saturated rings. The Morgan fingerprint density at radius 2 is 2.13 bits per heavy atom. The summed E-state index contributed by atoms with van der Waals surface area (Å²) in [5, 5.41) is 14.5. The lowest BCUT2D eigenvalue weighted by molar-refractivity contribution is 0.118. The molecule has 3 N–H and O–H groups in total. The smallest absolute Gasteiger partial charge is 0.326 e. The average molecular weight is 427 g/mol. The number of hydrogen-bond acceptors (Lipinski definition) is 4. The van der Waals surface area contributed by atoms with Crippen LogP contribution in [0.15, 0.2) is 41.5 Å². The fourth-order valence-corrected chi connectivity index (χ4v) is 4.53. The molecule has 0 saturated heterocycles. The lowest BCUT2D eigenvalue weighted by atomic mass is 9.99. The number of nitrogens with one attached hydrogen (secondary N) is 2. The van der Waals surface area contributed by atoms with Gasteiger partial charge in [-0.2, -0.15) is 0 Å². The molecule has 0 unspecified atom stereocenters. The van der Waals surface area contributed by atoms with Gasteiger partial charge in [0.15, 0.2) is 11.6 Å². The maximum absolute atomic E-state index is 13.6. The van der Waals surface area contributed by atoms with Crippen LogP contribution in [-0.2, 0) is 13.1 Å². The van der Waals surface area contributed by atoms with Crippen molar-refractivity contribution in [1.29, 1.82) is 0 Å². The number of halogens is 2. The zero-order valence-corrected chi connectivity index (χ0v) is 17.0. The van der Waals surface area contributed by atoms with Gasteiger partial charge in [-0.25, -0.2) is 18.6 Å². The van der Waals surface area contributed by atoms with Gasteiger partial charge in [0.25, 0.3) is 0 Å². The number of aryl methyl sites for hydroxylation is 2. The average Bonchev–Trinajstić information content (AvgIpc) is 3.24. The number of benzene rings is 2. The summed E-state index contributed by atoms with van der Waals surface area (Å²) in [5.41, 5.74) is 3.02. The molecular weight excluding hydrogens is 404 g/mol. The van der Waals surface area contributed by atoms with E-state index in [2.05, 4.69) is 15.3 Å². The molecule has 162 valence electrons. The van der Waals surface area contributed by atoms with Gasteiger partial charge in [-0.15, -0.1) is 0 Å². The second-order valence-electron chi connectivity index (χ2n) is 8.21. The van der Waals surface area contributed by atoms with E-state index in [1.807, 2.05) is 25.1 Å². The molecule has 5 rings (SSSR count). The van der Waals surface area contributed by atoms with Crippen LogP contribution in [0.1, 0.15) is 31.4 Å². The van der Waals surface area contributed by atoms with Crippen molar-refractivity contribution in [2.24, 2.45) is 0 Å². The molecule has 1 aliphatic rings. The maximum Gasteiger partial charge on any atom is 0.326 e. The highest BCUT2D eigenvalue weighted by molar-refractivity contribution is 5.79. The number of rotatable bonds is 5. The molecule has 9 heteroatoms. The monoisotopic (exact) mass is 427 g/mol. The van der Waals surface area contributed by atoms with Crippen LogP contribution in [0.25, 0.3) is 22.1 Å². The minimum absolute atomic E-state index is 0.0392. The summed E-state index contributed by atoms with van der Waals surface area (Å²) < 4.78 is 30.5. The first-order valence-electron chi connectivity index (χ1n) is 10.4. The summed E-state index contributed by atoms with van der Waals surface area (Å²) >= 11 is 0. The second-order valence-corrected chi connectivity index (χ2v) is 8.21. The fraction of sp³-hybridized carbons (Fsp3) is 0.364. The minimum atomic E-state index is -0.908. The second kappa shape index (κ2) is 7.58. The highest BCUT2D eigenvalue weighted by atomic mass is 19.2. The molecule has 0 radical (unpaired) electrons. The van der Waals surface area contributed by atoms with Crippen LogP contribution in [0, 0.1) is 11.6 Å². The number of aromatic nitrogens is 4. The summed E-state index contributed by atoms with van der Waals surface area (Å²) in [6.07, 6.45) is 2.13. The number of para-hydroxylation sites is 1. The van der Waals surface area contributed by atoms with Crippen LogP contribution in [0.3, 0.4) is 0 Å². The molecule has 3 atom stereocenters. The molecule has 0 amide bonds. The number of aromatic amines is 1. The molecule has 2 aromatic carbocycles. The van der Waals surface area contributed by atoms with Crippen molar-refractivity contribution in [3.8, 4) is 0 Å². The predicted octanol–water partition coefficient (Wildman–Crippen LogP) is 2.83. The Bertz CT molecular complexity index is 1320. The first-order valence-corrected chi connectivity index (χ1v) is 10.4. The topological polar surface area (TPSA) is 87.9 Å². The van der Waals surface area contributed by atoms with Gasteiger partial charge in [0, 0.05) is 42.9 Å². The minimum Gasteiger partial charge on any atom is -0.387 e. The van der Waals surface area contributed by atoms with Gasteiger partial charge in [-0.1, -0.05) is 12.1 Å². The van der Waals surface area contributed by atoms with Crippen molar-refractivity contribution in [3.05, 3.63) is 64.3 Å². The van der Waals surface area contributed by atoms with E-state index in [-0.39, 0.29) is 17.8 Å². The van der Waals surface area contributed by atoms with Gasteiger partial charge in [0.05, 0.1) is 34.5 Å². The Morgan fingerprint density at radius 1 is 1.32 bits per heavy atom. The SMILES string of the molecule is C[C@H](CCn1cnc2cc(F)c(F)cc21)N[C@@H]1CCn2c(=O)[nH]c3cccc(c32)[C@H]1O. The van der Waals surface area contributed by atoms with Crippen molar-refractivity contribution in [2.45, 2.75) is 51.0 Å². The first kappa shape index (κ1) is 19.9. The van der Waals surface area contributed by atoms with Crippen LogP contribution < -0.4 is 11.0 Å². The summed E-state index contributed by atoms with van der Waals surface area (Å²) in [5.74, 6) is -1.80. The summed E-state index contributed by atoms with van der Waals surface area (Å²) in [4.78, 5) is 19.3. The van der Waals surface area contributed by atoms with Crippen molar-refractivity contribution < 1.29 is 13.9 Å². The fourth-order valence-electron chi connectivity index (χ4n) is 4.53. The van der Waals surface area contributed by atoms with E-state index in [4.69, 9.17) is 0 Å². The standard InChI is InChI=1S/C22H23F2N5O2/c1-12(5-7-28-11-25-18-9-14(23)15(24)10-19(18)28)26-17-6-8-29-20-13(21(17)30)3-2-4-16(20)27-22(29)31/h2-4,9-12,17,21,26,30H,5-8H2,1H3,(H,27,31)/t12-,17-,21-/m1/s1. The van der Waals surface area contributed by atoms with Gasteiger partial charge < -0.3 is 20.0 Å². The predicted molar refractivity (Wildman–Crippen MR) is 113 cm³/mol. The van der Waals surface area contributed by atoms with Crippen molar-refractivity contribution in [3.63, 3.8) is 0 Å². The number of hydrogen-bond donors (Lipinski definition) is 3. The van der Waals surface area contributed by atoms with E-state index < -0.39 is 17.7 Å². The highest BCUT2D eigenvalue weighted by Crippen LogP contribution is 2.30. The summed E-state index contributed by atoms with van der Waals surface area (Å²) in [7, 11) is 0. The number of fused-ring (bicyclic) bond motifs is 1. The van der Waals surface area contributed by atoms with Gasteiger partial charge in [0.1, 0.15) is 0 Å². The molecule has 0 saturated carbocycles. The van der Waals surface area contributed by atoms with E-state index in [0.29, 0.717) is 37.0 Å². The third-order valence-corrected chi connectivity index (χ3v) is 6.15. The summed E-state index contributed by atoms with van der Waals surface area (Å²) in [6, 6.07) is 7.61. The summed E-state index contributed by atoms with van der Waals surface area (Å²) in [6.45, 7) is 3.09. The van der Waals surface area contributed by atoms with E-state index in [0.717, 1.165) is 28.7 Å². The molecule has 3 heterocycles. The molecule has 2 aromatic heterocycles. The van der Waals surface area contributed by atoms with E-state index >= 15 is 0 Å². The number of imidazole rings is 2. The Kier molecular flexibility index (Phi) is 4.86. The Morgan fingerprint density at radius 3 is 2.97 bits per heavy atom. The normalized spacial score (nSPS) is 19.7. The molecule has 4 aromatic rings. The van der Waals surface area contributed by atoms with E-state index in [9.17, 15) is 18.7 Å². The van der Waals surface area contributed by atoms with Gasteiger partial charge >= 0.3 is 5.69 Å². The van der Waals surface area contributed by atoms with E-state index in [1.165, 1.54) is 0 Å². The Labute approximate surface area is 176 Å². The molecule has 0 aliphatic carbocycles. The maximum atomic E-state index is 13.6. The first-order chi connectivity index (χ1) is 14.9. The van der Waals surface area contributed by atoms with Crippen LogP contribution in [0.5, 0.6) is 0 Å². The number of H-pyrrole nitrogens is 1. The quantitative estimate of drug-likeness (QED) is 0.457. The number of nitrogens with zero attached hydrogens (tertiary/aromatic N) is 3. The van der Waals surface area contributed by atoms with Crippen molar-refractivity contribution in [1.82, 2.24) is 24.4 Å². The zero-order chi connectivity index (χ0) is 21.7. The Balaban J connectivity index is 1.30. The lowest BCUT2D eigenvalue weighted by Crippen LogP contribution is -2.41. The van der Waals surface area contributed by atoms with Gasteiger partial charge in [-0.3, -0.25) is 4.57 Å². The lowest BCUT2D eigenvalue weighted by Gasteiger charge is -2.26. The highest BCUT2D eigenvalue weighted by Gasteiger charge is 2.29. The molecule has 1 aliphatic heterocycles. The number of aliphatic hydroxyl groups excluding tert-OH is 1. The Hall–Kier alpha value is -3.04. The van der Waals surface area contributed by atoms with Crippen molar-refractivity contribution in [2.75, 3.05) is 0 Å². The third-order valence-electron chi connectivity index (χ3n) is 6.15. The van der Waals surface area contributed by atoms with Crippen LogP contribution in [0.4, 0.5) is 8.78 Å². The largest absolute Gasteiger partial charge is 0.387 e. The molecular formula is C22H23F2N5O2. The molecule has 0 spiro atoms. The third kappa shape index (κ3) is 3.43.